The summed E-state index contributed by atoms with van der Waals surface area (Å²) in [5.41, 5.74) is 2.67. The SMILES string of the molecule is O=C(NCC(O)CN1CCc2ccccc2C1)c1cn2c(n1)CC[C@@H](C(F)(F)F)C2. The largest absolute Gasteiger partial charge is 0.393 e. The molecule has 9 heteroatoms. The third-order valence-corrected chi connectivity index (χ3v) is 5.87. The van der Waals surface area contributed by atoms with E-state index in [1.165, 1.54) is 21.9 Å². The third-order valence-electron chi connectivity index (χ3n) is 5.87. The molecule has 0 spiro atoms. The van der Waals surface area contributed by atoms with Crippen molar-refractivity contribution in [2.24, 2.45) is 5.92 Å². The summed E-state index contributed by atoms with van der Waals surface area (Å²) in [7, 11) is 0. The summed E-state index contributed by atoms with van der Waals surface area (Å²) >= 11 is 0. The van der Waals surface area contributed by atoms with Gasteiger partial charge in [-0.3, -0.25) is 9.69 Å². The molecule has 0 fully saturated rings. The minimum Gasteiger partial charge on any atom is -0.390 e. The van der Waals surface area contributed by atoms with Crippen LogP contribution in [0.4, 0.5) is 13.2 Å². The second-order valence-electron chi connectivity index (χ2n) is 8.09. The number of alkyl halides is 3. The molecule has 0 saturated heterocycles. The monoisotopic (exact) mass is 422 g/mol. The van der Waals surface area contributed by atoms with Gasteiger partial charge in [0.05, 0.1) is 12.0 Å². The molecular weight excluding hydrogens is 397 g/mol. The van der Waals surface area contributed by atoms with Gasteiger partial charge in [0.25, 0.3) is 5.91 Å². The zero-order valence-corrected chi connectivity index (χ0v) is 16.5. The molecule has 2 aliphatic rings. The van der Waals surface area contributed by atoms with Gasteiger partial charge in [-0.2, -0.15) is 13.2 Å². The number of benzene rings is 1. The number of halogens is 3. The molecule has 2 N–H and O–H groups in total. The number of aryl methyl sites for hydroxylation is 1. The number of fused-ring (bicyclic) bond motifs is 2. The molecule has 0 bridgehead atoms. The molecule has 1 amide bonds. The third kappa shape index (κ3) is 4.67. The van der Waals surface area contributed by atoms with Crippen LogP contribution in [0.2, 0.25) is 0 Å². The fourth-order valence-corrected chi connectivity index (χ4v) is 4.19. The van der Waals surface area contributed by atoms with Gasteiger partial charge in [-0.25, -0.2) is 4.98 Å². The molecule has 2 atom stereocenters. The number of carbonyl (C=O) groups is 1. The molecule has 4 rings (SSSR count). The van der Waals surface area contributed by atoms with Crippen molar-refractivity contribution < 1.29 is 23.1 Å². The van der Waals surface area contributed by atoms with Gasteiger partial charge in [0.1, 0.15) is 11.5 Å². The maximum atomic E-state index is 12.9. The van der Waals surface area contributed by atoms with Gasteiger partial charge < -0.3 is 15.0 Å². The lowest BCUT2D eigenvalue weighted by atomic mass is 9.99. The molecule has 0 aliphatic carbocycles. The minimum atomic E-state index is -4.25. The van der Waals surface area contributed by atoms with Crippen molar-refractivity contribution in [2.45, 2.75) is 44.6 Å². The van der Waals surface area contributed by atoms with Gasteiger partial charge >= 0.3 is 6.18 Å². The number of aromatic nitrogens is 2. The number of β-amino-alcohol motifs (C(OH)–C–C–N with tert-alkyl or cyclic N) is 1. The smallest absolute Gasteiger partial charge is 0.390 e. The molecule has 6 nitrogen and oxygen atoms in total. The minimum absolute atomic E-state index is 0.0146. The number of rotatable bonds is 5. The Balaban J connectivity index is 1.28. The Morgan fingerprint density at radius 2 is 2.03 bits per heavy atom. The first-order chi connectivity index (χ1) is 14.3. The van der Waals surface area contributed by atoms with Crippen molar-refractivity contribution >= 4 is 5.91 Å². The van der Waals surface area contributed by atoms with Gasteiger partial charge in [-0.05, 0) is 24.0 Å². The highest BCUT2D eigenvalue weighted by atomic mass is 19.4. The number of amides is 1. The maximum Gasteiger partial charge on any atom is 0.393 e. The Hall–Kier alpha value is -2.39. The van der Waals surface area contributed by atoms with Crippen LogP contribution in [0.3, 0.4) is 0 Å². The van der Waals surface area contributed by atoms with Crippen molar-refractivity contribution in [3.63, 3.8) is 0 Å². The highest BCUT2D eigenvalue weighted by Gasteiger charge is 2.41. The van der Waals surface area contributed by atoms with Crippen LogP contribution < -0.4 is 5.32 Å². The van der Waals surface area contributed by atoms with Crippen LogP contribution in [0.5, 0.6) is 0 Å². The van der Waals surface area contributed by atoms with Gasteiger partial charge in [0, 0.05) is 45.3 Å². The Morgan fingerprint density at radius 1 is 1.27 bits per heavy atom. The Bertz CT molecular complexity index is 912. The van der Waals surface area contributed by atoms with E-state index in [-0.39, 0.29) is 31.6 Å². The number of aliphatic hydroxyl groups excluding tert-OH is 1. The summed E-state index contributed by atoms with van der Waals surface area (Å²) < 4.78 is 40.2. The fourth-order valence-electron chi connectivity index (χ4n) is 4.19. The van der Waals surface area contributed by atoms with E-state index < -0.39 is 24.1 Å². The van der Waals surface area contributed by atoms with E-state index in [4.69, 9.17) is 0 Å². The Labute approximate surface area is 172 Å². The number of carbonyl (C=O) groups excluding carboxylic acids is 1. The number of hydrogen-bond acceptors (Lipinski definition) is 4. The molecule has 0 radical (unpaired) electrons. The second-order valence-corrected chi connectivity index (χ2v) is 8.09. The van der Waals surface area contributed by atoms with Gasteiger partial charge in [0.2, 0.25) is 0 Å². The Morgan fingerprint density at radius 3 is 2.80 bits per heavy atom. The lowest BCUT2D eigenvalue weighted by Gasteiger charge is -2.30. The topological polar surface area (TPSA) is 70.4 Å². The first-order valence-corrected chi connectivity index (χ1v) is 10.2. The molecule has 0 saturated carbocycles. The van der Waals surface area contributed by atoms with E-state index in [0.717, 1.165) is 19.5 Å². The van der Waals surface area contributed by atoms with Crippen LogP contribution in [-0.4, -0.2) is 57.4 Å². The van der Waals surface area contributed by atoms with Crippen molar-refractivity contribution in [2.75, 3.05) is 19.6 Å². The molecule has 1 unspecified atom stereocenters. The fraction of sp³-hybridized carbons (Fsp3) is 0.524. The maximum absolute atomic E-state index is 12.9. The van der Waals surface area contributed by atoms with Gasteiger partial charge in [-0.1, -0.05) is 24.3 Å². The molecular formula is C21H25F3N4O2. The zero-order chi connectivity index (χ0) is 21.3. The van der Waals surface area contributed by atoms with Crippen molar-refractivity contribution in [1.29, 1.82) is 0 Å². The van der Waals surface area contributed by atoms with Crippen LogP contribution in [0, 0.1) is 5.92 Å². The van der Waals surface area contributed by atoms with Crippen molar-refractivity contribution in [3.8, 4) is 0 Å². The normalized spacial score (nSPS) is 20.3. The molecule has 2 aromatic rings. The average Bonchev–Trinajstić information content (AvgIpc) is 3.15. The van der Waals surface area contributed by atoms with E-state index in [1.54, 1.807) is 0 Å². The molecule has 162 valence electrons. The molecule has 2 aliphatic heterocycles. The average molecular weight is 422 g/mol. The second kappa shape index (κ2) is 8.39. The number of imidazole rings is 1. The predicted octanol–water partition coefficient (Wildman–Crippen LogP) is 2.16. The number of nitrogens with one attached hydrogen (secondary N) is 1. The summed E-state index contributed by atoms with van der Waals surface area (Å²) in [4.78, 5) is 18.7. The van der Waals surface area contributed by atoms with Crippen LogP contribution in [0.1, 0.15) is 33.9 Å². The summed E-state index contributed by atoms with van der Waals surface area (Å²) in [6.07, 6.45) is -2.52. The molecule has 1 aromatic heterocycles. The first-order valence-electron chi connectivity index (χ1n) is 10.2. The highest BCUT2D eigenvalue weighted by molar-refractivity contribution is 5.92. The summed E-state index contributed by atoms with van der Waals surface area (Å²) in [6, 6.07) is 8.22. The van der Waals surface area contributed by atoms with Crippen LogP contribution in [0.25, 0.3) is 0 Å². The van der Waals surface area contributed by atoms with Crippen LogP contribution in [0.15, 0.2) is 30.5 Å². The first kappa shape index (κ1) is 20.9. The van der Waals surface area contributed by atoms with E-state index in [1.807, 2.05) is 12.1 Å². The van der Waals surface area contributed by atoms with Gasteiger partial charge in [0.15, 0.2) is 0 Å². The Kier molecular flexibility index (Phi) is 5.84. The van der Waals surface area contributed by atoms with Crippen LogP contribution in [-0.2, 0) is 25.9 Å². The standard InChI is InChI=1S/C21H25F3N4O2/c22-21(23,24)16-5-6-19-26-18(13-28(19)11-16)20(30)25-9-17(29)12-27-8-7-14-3-1-2-4-15(14)10-27/h1-4,13,16-17,29H,5-12H2,(H,25,30)/t16-,17?/m1/s1. The van der Waals surface area contributed by atoms with Crippen molar-refractivity contribution in [1.82, 2.24) is 19.8 Å². The quantitative estimate of drug-likeness (QED) is 0.775. The van der Waals surface area contributed by atoms with Crippen molar-refractivity contribution in [3.05, 3.63) is 53.1 Å². The van der Waals surface area contributed by atoms with E-state index in [2.05, 4.69) is 27.3 Å². The number of nitrogens with zero attached hydrogens (tertiary/aromatic N) is 3. The number of aliphatic hydroxyl groups is 1. The van der Waals surface area contributed by atoms with E-state index in [9.17, 15) is 23.1 Å². The summed E-state index contributed by atoms with van der Waals surface area (Å²) in [6.45, 7) is 1.88. The molecule has 1 aromatic carbocycles. The van der Waals surface area contributed by atoms with Gasteiger partial charge in [-0.15, -0.1) is 0 Å². The van der Waals surface area contributed by atoms with Crippen LogP contribution >= 0.6 is 0 Å². The molecule has 3 heterocycles. The predicted molar refractivity (Wildman–Crippen MR) is 104 cm³/mol. The summed E-state index contributed by atoms with van der Waals surface area (Å²) in [5, 5.41) is 13.0. The lowest BCUT2D eigenvalue weighted by molar-refractivity contribution is -0.182. The highest BCUT2D eigenvalue weighted by Crippen LogP contribution is 2.34. The van der Waals surface area contributed by atoms with E-state index >= 15 is 0 Å². The lowest BCUT2D eigenvalue weighted by Crippen LogP contribution is -2.42. The summed E-state index contributed by atoms with van der Waals surface area (Å²) in [5.74, 6) is -1.40. The molecule has 30 heavy (non-hydrogen) atoms. The van der Waals surface area contributed by atoms with E-state index in [0.29, 0.717) is 12.4 Å². The zero-order valence-electron chi connectivity index (χ0n) is 16.5. The number of hydrogen-bond donors (Lipinski definition) is 2.